The van der Waals surface area contributed by atoms with Crippen LogP contribution >= 0.6 is 0 Å². The van der Waals surface area contributed by atoms with Crippen molar-refractivity contribution in [3.63, 3.8) is 0 Å². The van der Waals surface area contributed by atoms with Crippen LogP contribution in [0.15, 0.2) is 43.0 Å². The highest BCUT2D eigenvalue weighted by molar-refractivity contribution is 5.80. The molecule has 0 aliphatic carbocycles. The molecule has 1 aromatic rings. The Morgan fingerprint density at radius 3 is 2.86 bits per heavy atom. The number of carbonyl (C=O) groups is 2. The van der Waals surface area contributed by atoms with E-state index in [2.05, 4.69) is 11.9 Å². The summed E-state index contributed by atoms with van der Waals surface area (Å²) in [5, 5.41) is 2.78. The van der Waals surface area contributed by atoms with Gasteiger partial charge < -0.3 is 15.0 Å². The Hall–Kier alpha value is -2.30. The third-order valence-corrected chi connectivity index (χ3v) is 3.68. The van der Waals surface area contributed by atoms with Gasteiger partial charge in [-0.3, -0.25) is 4.79 Å². The summed E-state index contributed by atoms with van der Waals surface area (Å²) in [6, 6.07) is 9.56. The zero-order valence-corrected chi connectivity index (χ0v) is 12.7. The number of hydrogen-bond acceptors (Lipinski definition) is 3. The molecule has 1 fully saturated rings. The molecule has 0 radical (unpaired) electrons. The van der Waals surface area contributed by atoms with Crippen molar-refractivity contribution in [1.82, 2.24) is 10.2 Å². The first-order valence-corrected chi connectivity index (χ1v) is 7.55. The van der Waals surface area contributed by atoms with Gasteiger partial charge in [-0.25, -0.2) is 4.79 Å². The average molecular weight is 302 g/mol. The molecule has 1 heterocycles. The standard InChI is InChI=1S/C17H22N2O3/c1-2-10-18-16(20)15-9-6-11-19(12-15)17(21)22-13-14-7-4-3-5-8-14/h2-5,7-8,15H,1,6,9-13H2,(H,18,20). The molecule has 1 aromatic carbocycles. The van der Waals surface area contributed by atoms with Gasteiger partial charge in [-0.2, -0.15) is 0 Å². The molecule has 2 amide bonds. The molecule has 1 saturated heterocycles. The summed E-state index contributed by atoms with van der Waals surface area (Å²) in [7, 11) is 0. The molecule has 1 aliphatic rings. The van der Waals surface area contributed by atoms with E-state index in [9.17, 15) is 9.59 Å². The summed E-state index contributed by atoms with van der Waals surface area (Å²) in [4.78, 5) is 25.7. The smallest absolute Gasteiger partial charge is 0.410 e. The molecule has 1 aliphatic heterocycles. The van der Waals surface area contributed by atoms with Crippen molar-refractivity contribution in [2.75, 3.05) is 19.6 Å². The lowest BCUT2D eigenvalue weighted by atomic mass is 9.97. The number of piperidine rings is 1. The number of nitrogens with one attached hydrogen (secondary N) is 1. The van der Waals surface area contributed by atoms with Crippen LogP contribution in [0.1, 0.15) is 18.4 Å². The zero-order valence-electron chi connectivity index (χ0n) is 12.7. The first-order valence-electron chi connectivity index (χ1n) is 7.55. The zero-order chi connectivity index (χ0) is 15.8. The number of carbonyl (C=O) groups excluding carboxylic acids is 2. The normalized spacial score (nSPS) is 17.6. The molecule has 0 aromatic heterocycles. The number of hydrogen-bond donors (Lipinski definition) is 1. The molecule has 118 valence electrons. The Morgan fingerprint density at radius 1 is 1.36 bits per heavy atom. The summed E-state index contributed by atoms with van der Waals surface area (Å²) in [5.74, 6) is -0.196. The third kappa shape index (κ3) is 4.62. The maximum absolute atomic E-state index is 12.1. The van der Waals surface area contributed by atoms with E-state index >= 15 is 0 Å². The number of rotatable bonds is 5. The molecule has 2 rings (SSSR count). The van der Waals surface area contributed by atoms with Gasteiger partial charge in [0.25, 0.3) is 0 Å². The Kier molecular flexibility index (Phi) is 6.01. The Bertz CT molecular complexity index is 516. The van der Waals surface area contributed by atoms with Crippen molar-refractivity contribution in [3.05, 3.63) is 48.6 Å². The van der Waals surface area contributed by atoms with Crippen LogP contribution in [0.3, 0.4) is 0 Å². The summed E-state index contributed by atoms with van der Waals surface area (Å²) in [6.07, 6.45) is 2.90. The van der Waals surface area contributed by atoms with Crippen LogP contribution in [0.5, 0.6) is 0 Å². The first kappa shape index (κ1) is 16.1. The van der Waals surface area contributed by atoms with E-state index in [1.54, 1.807) is 11.0 Å². The van der Waals surface area contributed by atoms with Gasteiger partial charge in [-0.15, -0.1) is 6.58 Å². The molecular formula is C17H22N2O3. The predicted octanol–water partition coefficient (Wildman–Crippen LogP) is 2.34. The highest BCUT2D eigenvalue weighted by atomic mass is 16.6. The molecule has 5 heteroatoms. The minimum atomic E-state index is -0.356. The Balaban J connectivity index is 1.82. The van der Waals surface area contributed by atoms with Gasteiger partial charge >= 0.3 is 6.09 Å². The van der Waals surface area contributed by atoms with Gasteiger partial charge in [-0.05, 0) is 18.4 Å². The number of likely N-dealkylation sites (tertiary alicyclic amines) is 1. The van der Waals surface area contributed by atoms with Crippen molar-refractivity contribution >= 4 is 12.0 Å². The van der Waals surface area contributed by atoms with Crippen LogP contribution in [-0.2, 0) is 16.1 Å². The topological polar surface area (TPSA) is 58.6 Å². The van der Waals surface area contributed by atoms with Gasteiger partial charge in [0.15, 0.2) is 0 Å². The summed E-state index contributed by atoms with van der Waals surface area (Å²) in [5.41, 5.74) is 0.952. The predicted molar refractivity (Wildman–Crippen MR) is 84.1 cm³/mol. The van der Waals surface area contributed by atoms with Gasteiger partial charge in [0, 0.05) is 19.6 Å². The summed E-state index contributed by atoms with van der Waals surface area (Å²) >= 11 is 0. The fraction of sp³-hybridized carbons (Fsp3) is 0.412. The highest BCUT2D eigenvalue weighted by Crippen LogP contribution is 2.17. The number of amides is 2. The highest BCUT2D eigenvalue weighted by Gasteiger charge is 2.28. The fourth-order valence-corrected chi connectivity index (χ4v) is 2.48. The van der Waals surface area contributed by atoms with Crippen molar-refractivity contribution in [2.45, 2.75) is 19.4 Å². The Labute approximate surface area is 130 Å². The van der Waals surface area contributed by atoms with Crippen molar-refractivity contribution in [2.24, 2.45) is 5.92 Å². The number of ether oxygens (including phenoxy) is 1. The molecule has 0 spiro atoms. The van der Waals surface area contributed by atoms with Crippen LogP contribution in [-0.4, -0.2) is 36.5 Å². The van der Waals surface area contributed by atoms with E-state index in [4.69, 9.17) is 4.74 Å². The minimum absolute atomic E-state index is 0.0274. The van der Waals surface area contributed by atoms with Crippen LogP contribution < -0.4 is 5.32 Å². The molecule has 0 bridgehead atoms. The van der Waals surface area contributed by atoms with Gasteiger partial charge in [0.1, 0.15) is 6.61 Å². The number of benzene rings is 1. The first-order chi connectivity index (χ1) is 10.7. The van der Waals surface area contributed by atoms with E-state index in [0.717, 1.165) is 18.4 Å². The number of nitrogens with zero attached hydrogens (tertiary/aromatic N) is 1. The molecular weight excluding hydrogens is 280 g/mol. The quantitative estimate of drug-likeness (QED) is 0.849. The van der Waals surface area contributed by atoms with Crippen LogP contribution in [0.4, 0.5) is 4.79 Å². The van der Waals surface area contributed by atoms with E-state index in [-0.39, 0.29) is 24.5 Å². The second kappa shape index (κ2) is 8.22. The van der Waals surface area contributed by atoms with E-state index in [1.807, 2.05) is 30.3 Å². The fourth-order valence-electron chi connectivity index (χ4n) is 2.48. The third-order valence-electron chi connectivity index (χ3n) is 3.68. The van der Waals surface area contributed by atoms with Crippen molar-refractivity contribution in [1.29, 1.82) is 0 Å². The summed E-state index contributed by atoms with van der Waals surface area (Å²) < 4.78 is 5.32. The molecule has 22 heavy (non-hydrogen) atoms. The van der Waals surface area contributed by atoms with Crippen LogP contribution in [0.2, 0.25) is 0 Å². The largest absolute Gasteiger partial charge is 0.445 e. The van der Waals surface area contributed by atoms with Gasteiger partial charge in [0.05, 0.1) is 5.92 Å². The molecule has 1 atom stereocenters. The average Bonchev–Trinajstić information content (AvgIpc) is 2.58. The van der Waals surface area contributed by atoms with E-state index in [0.29, 0.717) is 19.6 Å². The van der Waals surface area contributed by atoms with Crippen molar-refractivity contribution < 1.29 is 14.3 Å². The monoisotopic (exact) mass is 302 g/mol. The Morgan fingerprint density at radius 2 is 2.14 bits per heavy atom. The van der Waals surface area contributed by atoms with Crippen molar-refractivity contribution in [3.8, 4) is 0 Å². The minimum Gasteiger partial charge on any atom is -0.445 e. The summed E-state index contributed by atoms with van der Waals surface area (Å²) in [6.45, 7) is 5.33. The molecule has 1 N–H and O–H groups in total. The van der Waals surface area contributed by atoms with Crippen LogP contribution in [0, 0.1) is 5.92 Å². The van der Waals surface area contributed by atoms with Gasteiger partial charge in [0.2, 0.25) is 5.91 Å². The van der Waals surface area contributed by atoms with E-state index in [1.165, 1.54) is 0 Å². The van der Waals surface area contributed by atoms with Gasteiger partial charge in [-0.1, -0.05) is 36.4 Å². The molecule has 1 unspecified atom stereocenters. The lowest BCUT2D eigenvalue weighted by molar-refractivity contribution is -0.126. The van der Waals surface area contributed by atoms with E-state index < -0.39 is 0 Å². The molecule has 0 saturated carbocycles. The second-order valence-corrected chi connectivity index (χ2v) is 5.36. The second-order valence-electron chi connectivity index (χ2n) is 5.36. The maximum Gasteiger partial charge on any atom is 0.410 e. The lowest BCUT2D eigenvalue weighted by Crippen LogP contribution is -2.45. The lowest BCUT2D eigenvalue weighted by Gasteiger charge is -2.31. The molecule has 5 nitrogen and oxygen atoms in total. The SMILES string of the molecule is C=CCNC(=O)C1CCCN(C(=O)OCc2ccccc2)C1. The van der Waals surface area contributed by atoms with Crippen LogP contribution in [0.25, 0.3) is 0 Å². The maximum atomic E-state index is 12.1.